The zero-order chi connectivity index (χ0) is 17.0. The van der Waals surface area contributed by atoms with Crippen LogP contribution in [-0.4, -0.2) is 20.7 Å². The molecule has 132 valence electrons. The third kappa shape index (κ3) is 7.36. The first-order valence-corrected chi connectivity index (χ1v) is 11.8. The van der Waals surface area contributed by atoms with Gasteiger partial charge in [0.1, 0.15) is 0 Å². The SMILES string of the molecule is CCCCCCC(=O)/C(=C\C1CCCCC1)C[Se]c1ccccc1. The first-order chi connectivity index (χ1) is 11.8. The average Bonchev–Trinajstić information content (AvgIpc) is 2.64. The van der Waals surface area contributed by atoms with Crippen LogP contribution in [0.1, 0.15) is 71.1 Å². The summed E-state index contributed by atoms with van der Waals surface area (Å²) in [5.74, 6) is 1.08. The molecule has 1 aliphatic rings. The Kier molecular flexibility index (Phi) is 9.46. The number of hydrogen-bond donors (Lipinski definition) is 0. The fourth-order valence-corrected chi connectivity index (χ4v) is 5.31. The van der Waals surface area contributed by atoms with E-state index >= 15 is 0 Å². The van der Waals surface area contributed by atoms with Crippen LogP contribution >= 0.6 is 0 Å². The maximum atomic E-state index is 12.7. The van der Waals surface area contributed by atoms with Crippen molar-refractivity contribution in [1.29, 1.82) is 0 Å². The molecule has 0 spiro atoms. The second-order valence-corrected chi connectivity index (χ2v) is 9.13. The Balaban J connectivity index is 1.94. The number of carbonyl (C=O) groups is 1. The van der Waals surface area contributed by atoms with E-state index in [0.29, 0.717) is 26.7 Å². The van der Waals surface area contributed by atoms with Gasteiger partial charge in [-0.15, -0.1) is 0 Å². The van der Waals surface area contributed by atoms with E-state index in [1.807, 2.05) is 0 Å². The molecule has 0 N–H and O–H groups in total. The first kappa shape index (κ1) is 19.5. The molecular formula is C22H32OSe. The third-order valence-electron chi connectivity index (χ3n) is 4.84. The van der Waals surface area contributed by atoms with Crippen LogP contribution in [0.15, 0.2) is 42.0 Å². The number of benzene rings is 1. The summed E-state index contributed by atoms with van der Waals surface area (Å²) in [7, 11) is 0. The van der Waals surface area contributed by atoms with Crippen LogP contribution in [-0.2, 0) is 4.79 Å². The average molecular weight is 391 g/mol. The Bertz CT molecular complexity index is 500. The van der Waals surface area contributed by atoms with Crippen LogP contribution in [0.2, 0.25) is 5.32 Å². The molecule has 1 fully saturated rings. The van der Waals surface area contributed by atoms with E-state index in [9.17, 15) is 4.79 Å². The first-order valence-electron chi connectivity index (χ1n) is 9.71. The van der Waals surface area contributed by atoms with Gasteiger partial charge < -0.3 is 0 Å². The van der Waals surface area contributed by atoms with Crippen LogP contribution in [0.3, 0.4) is 0 Å². The molecule has 0 bridgehead atoms. The Morgan fingerprint density at radius 3 is 2.54 bits per heavy atom. The van der Waals surface area contributed by atoms with Gasteiger partial charge in [0.15, 0.2) is 0 Å². The molecule has 24 heavy (non-hydrogen) atoms. The van der Waals surface area contributed by atoms with Gasteiger partial charge in [0.25, 0.3) is 0 Å². The van der Waals surface area contributed by atoms with Crippen LogP contribution in [0.4, 0.5) is 0 Å². The number of unbranched alkanes of at least 4 members (excludes halogenated alkanes) is 3. The fraction of sp³-hybridized carbons (Fsp3) is 0.591. The van der Waals surface area contributed by atoms with E-state index in [-0.39, 0.29) is 0 Å². The molecule has 0 unspecified atom stereocenters. The Morgan fingerprint density at radius 1 is 1.08 bits per heavy atom. The normalized spacial score (nSPS) is 16.3. The Labute approximate surface area is 154 Å². The molecule has 1 aromatic carbocycles. The molecule has 0 aliphatic heterocycles. The molecule has 2 rings (SSSR count). The van der Waals surface area contributed by atoms with Crippen LogP contribution in [0.25, 0.3) is 0 Å². The number of carbonyl (C=O) groups excluding carboxylic acids is 1. The van der Waals surface area contributed by atoms with Crippen molar-refractivity contribution >= 4 is 25.2 Å². The van der Waals surface area contributed by atoms with Crippen molar-refractivity contribution in [2.75, 3.05) is 0 Å². The van der Waals surface area contributed by atoms with Crippen molar-refractivity contribution in [2.24, 2.45) is 5.92 Å². The van der Waals surface area contributed by atoms with Gasteiger partial charge in [0.2, 0.25) is 0 Å². The van der Waals surface area contributed by atoms with Crippen LogP contribution in [0, 0.1) is 5.92 Å². The van der Waals surface area contributed by atoms with Crippen molar-refractivity contribution < 1.29 is 4.79 Å². The molecule has 0 aromatic heterocycles. The molecular weight excluding hydrogens is 359 g/mol. The molecule has 0 radical (unpaired) electrons. The number of ketones is 1. The van der Waals surface area contributed by atoms with Crippen molar-refractivity contribution in [1.82, 2.24) is 0 Å². The molecule has 0 saturated heterocycles. The molecule has 0 amide bonds. The second-order valence-electron chi connectivity index (χ2n) is 6.93. The minimum atomic E-state index is 0.376. The number of Topliss-reactive ketones (excluding diaryl/α,β-unsaturated/α-hetero) is 1. The van der Waals surface area contributed by atoms with Gasteiger partial charge in [-0.2, -0.15) is 0 Å². The zero-order valence-electron chi connectivity index (χ0n) is 15.1. The van der Waals surface area contributed by atoms with E-state index in [1.165, 1.54) is 55.8 Å². The molecule has 1 aliphatic carbocycles. The number of hydrogen-bond acceptors (Lipinski definition) is 1. The summed E-state index contributed by atoms with van der Waals surface area (Å²) in [5, 5.41) is 0.972. The molecule has 1 nitrogen and oxygen atoms in total. The summed E-state index contributed by atoms with van der Waals surface area (Å²) in [6.45, 7) is 2.22. The molecule has 1 saturated carbocycles. The van der Waals surface area contributed by atoms with Crippen molar-refractivity contribution in [2.45, 2.75) is 76.5 Å². The summed E-state index contributed by atoms with van der Waals surface area (Å²) >= 11 is 0.376. The van der Waals surface area contributed by atoms with E-state index in [2.05, 4.69) is 43.3 Å². The third-order valence-corrected chi connectivity index (χ3v) is 7.07. The summed E-state index contributed by atoms with van der Waals surface area (Å²) in [5.41, 5.74) is 1.14. The molecule has 2 heteroatoms. The van der Waals surface area contributed by atoms with E-state index < -0.39 is 0 Å². The fourth-order valence-electron chi connectivity index (χ4n) is 3.36. The predicted molar refractivity (Wildman–Crippen MR) is 105 cm³/mol. The van der Waals surface area contributed by atoms with Gasteiger partial charge in [0.05, 0.1) is 0 Å². The van der Waals surface area contributed by atoms with Crippen molar-refractivity contribution in [3.8, 4) is 0 Å². The van der Waals surface area contributed by atoms with Crippen LogP contribution in [0.5, 0.6) is 0 Å². The van der Waals surface area contributed by atoms with Gasteiger partial charge in [0, 0.05) is 0 Å². The van der Waals surface area contributed by atoms with Gasteiger partial charge in [-0.05, 0) is 0 Å². The summed E-state index contributed by atoms with van der Waals surface area (Å²) in [6, 6.07) is 10.7. The van der Waals surface area contributed by atoms with E-state index in [4.69, 9.17) is 0 Å². The Hall–Kier alpha value is -0.851. The second kappa shape index (κ2) is 11.7. The number of rotatable bonds is 10. The summed E-state index contributed by atoms with van der Waals surface area (Å²) in [4.78, 5) is 12.7. The van der Waals surface area contributed by atoms with E-state index in [0.717, 1.165) is 23.7 Å². The molecule has 0 atom stereocenters. The van der Waals surface area contributed by atoms with Crippen molar-refractivity contribution in [3.63, 3.8) is 0 Å². The van der Waals surface area contributed by atoms with E-state index in [1.54, 1.807) is 0 Å². The monoisotopic (exact) mass is 392 g/mol. The summed E-state index contributed by atoms with van der Waals surface area (Å²) in [6.07, 6.45) is 14.5. The summed E-state index contributed by atoms with van der Waals surface area (Å²) < 4.78 is 1.40. The van der Waals surface area contributed by atoms with Gasteiger partial charge in [-0.3, -0.25) is 0 Å². The maximum absolute atomic E-state index is 12.7. The molecule has 0 heterocycles. The molecule has 1 aromatic rings. The Morgan fingerprint density at radius 2 is 1.83 bits per heavy atom. The van der Waals surface area contributed by atoms with Gasteiger partial charge in [-0.25, -0.2) is 0 Å². The topological polar surface area (TPSA) is 17.1 Å². The van der Waals surface area contributed by atoms with Crippen LogP contribution < -0.4 is 4.46 Å². The standard InChI is InChI=1S/C22H32OSe/c1-2-3-4-11-16-22(23)20(17-19-12-7-5-8-13-19)18-24-21-14-9-6-10-15-21/h6,9-10,14-15,17,19H,2-5,7-8,11-13,16,18H2,1H3/b20-17-. The minimum absolute atomic E-state index is 0.376. The van der Waals surface area contributed by atoms with Gasteiger partial charge >= 0.3 is 154 Å². The quantitative estimate of drug-likeness (QED) is 0.293. The number of allylic oxidation sites excluding steroid dienone is 2. The zero-order valence-corrected chi connectivity index (χ0v) is 16.8. The van der Waals surface area contributed by atoms with Gasteiger partial charge in [-0.1, -0.05) is 0 Å². The van der Waals surface area contributed by atoms with Crippen molar-refractivity contribution in [3.05, 3.63) is 42.0 Å². The predicted octanol–water partition coefficient (Wildman–Crippen LogP) is 5.48.